The van der Waals surface area contributed by atoms with E-state index in [1.165, 1.54) is 30.5 Å². The first kappa shape index (κ1) is 12.9. The largest absolute Gasteiger partial charge is 0.377 e. The van der Waals surface area contributed by atoms with Crippen molar-refractivity contribution in [3.63, 3.8) is 0 Å². The molecule has 0 bridgehead atoms. The van der Waals surface area contributed by atoms with Crippen LogP contribution in [0.1, 0.15) is 5.56 Å². The van der Waals surface area contributed by atoms with Crippen molar-refractivity contribution in [3.8, 4) is 5.75 Å². The molecule has 1 aromatic heterocycles. The smallest absolute Gasteiger partial charge is 0.339 e. The molecule has 0 N–H and O–H groups in total. The summed E-state index contributed by atoms with van der Waals surface area (Å²) in [5, 5.41) is 0.273. The van der Waals surface area contributed by atoms with Gasteiger partial charge in [-0.15, -0.1) is 0 Å². The third kappa shape index (κ3) is 3.00. The number of halogens is 1. The zero-order valence-electron chi connectivity index (χ0n) is 9.50. The highest BCUT2D eigenvalue weighted by Crippen LogP contribution is 2.19. The van der Waals surface area contributed by atoms with Crippen molar-refractivity contribution in [1.29, 1.82) is 0 Å². The first-order valence-electron chi connectivity index (χ1n) is 5.10. The number of rotatable bonds is 3. The summed E-state index contributed by atoms with van der Waals surface area (Å²) in [6.07, 6.45) is 1.26. The second-order valence-electron chi connectivity index (χ2n) is 3.67. The fourth-order valence-electron chi connectivity index (χ4n) is 1.29. The molecule has 0 atom stereocenters. The van der Waals surface area contributed by atoms with E-state index in [4.69, 9.17) is 15.8 Å². The minimum atomic E-state index is -3.83. The van der Waals surface area contributed by atoms with E-state index in [0.29, 0.717) is 0 Å². The van der Waals surface area contributed by atoms with Crippen molar-refractivity contribution in [3.05, 3.63) is 53.3 Å². The predicted octanol–water partition coefficient (Wildman–Crippen LogP) is 2.81. The molecule has 1 aromatic carbocycles. The van der Waals surface area contributed by atoms with Crippen molar-refractivity contribution in [1.82, 2.24) is 4.98 Å². The summed E-state index contributed by atoms with van der Waals surface area (Å²) in [7, 11) is -3.83. The summed E-state index contributed by atoms with van der Waals surface area (Å²) in [4.78, 5) is 3.85. The summed E-state index contributed by atoms with van der Waals surface area (Å²) < 4.78 is 28.8. The molecule has 0 saturated heterocycles. The molecular formula is C12H10ClNO3S. The van der Waals surface area contributed by atoms with Gasteiger partial charge in [0.1, 0.15) is 10.0 Å². The van der Waals surface area contributed by atoms with Gasteiger partial charge in [0.25, 0.3) is 0 Å². The highest BCUT2D eigenvalue weighted by Gasteiger charge is 2.16. The molecule has 94 valence electrons. The van der Waals surface area contributed by atoms with Crippen LogP contribution in [0.5, 0.6) is 5.75 Å². The van der Waals surface area contributed by atoms with Gasteiger partial charge in [0.05, 0.1) is 6.20 Å². The van der Waals surface area contributed by atoms with Crippen molar-refractivity contribution in [2.75, 3.05) is 0 Å². The van der Waals surface area contributed by atoms with E-state index in [1.807, 2.05) is 6.92 Å². The van der Waals surface area contributed by atoms with Gasteiger partial charge in [-0.05, 0) is 31.2 Å². The van der Waals surface area contributed by atoms with Crippen LogP contribution in [-0.4, -0.2) is 13.4 Å². The van der Waals surface area contributed by atoms with Crippen LogP contribution in [0.25, 0.3) is 0 Å². The molecule has 0 saturated carbocycles. The molecule has 2 aromatic rings. The standard InChI is InChI=1S/C12H10ClNO3S/c1-9-2-5-11(6-3-9)18(15,16)17-10-4-7-12(13)14-8-10/h2-8H,1H3. The Hall–Kier alpha value is -1.59. The van der Waals surface area contributed by atoms with Crippen molar-refractivity contribution in [2.45, 2.75) is 11.8 Å². The average molecular weight is 284 g/mol. The van der Waals surface area contributed by atoms with Gasteiger partial charge >= 0.3 is 10.1 Å². The molecule has 4 nitrogen and oxygen atoms in total. The van der Waals surface area contributed by atoms with E-state index in [-0.39, 0.29) is 15.8 Å². The van der Waals surface area contributed by atoms with Crippen LogP contribution in [0.3, 0.4) is 0 Å². The van der Waals surface area contributed by atoms with E-state index in [1.54, 1.807) is 12.1 Å². The van der Waals surface area contributed by atoms with Crippen LogP contribution < -0.4 is 4.18 Å². The zero-order valence-corrected chi connectivity index (χ0v) is 11.1. The number of hydrogen-bond donors (Lipinski definition) is 0. The van der Waals surface area contributed by atoms with Gasteiger partial charge in [-0.3, -0.25) is 0 Å². The molecule has 0 aliphatic heterocycles. The normalized spacial score (nSPS) is 11.2. The first-order chi connectivity index (χ1) is 8.47. The van der Waals surface area contributed by atoms with E-state index in [0.717, 1.165) is 5.56 Å². The van der Waals surface area contributed by atoms with Gasteiger partial charge < -0.3 is 4.18 Å². The highest BCUT2D eigenvalue weighted by molar-refractivity contribution is 7.87. The Balaban J connectivity index is 2.27. The number of aromatic nitrogens is 1. The first-order valence-corrected chi connectivity index (χ1v) is 6.89. The van der Waals surface area contributed by atoms with Crippen molar-refractivity contribution >= 4 is 21.7 Å². The van der Waals surface area contributed by atoms with Crippen LogP contribution >= 0.6 is 11.6 Å². The Morgan fingerprint density at radius 3 is 2.33 bits per heavy atom. The summed E-state index contributed by atoms with van der Waals surface area (Å²) in [6, 6.07) is 9.30. The van der Waals surface area contributed by atoms with Gasteiger partial charge in [-0.2, -0.15) is 8.42 Å². The number of aryl methyl sites for hydroxylation is 1. The lowest BCUT2D eigenvalue weighted by Gasteiger charge is -2.06. The molecule has 0 radical (unpaired) electrons. The van der Waals surface area contributed by atoms with E-state index < -0.39 is 10.1 Å². The van der Waals surface area contributed by atoms with E-state index in [9.17, 15) is 8.42 Å². The fraction of sp³-hybridized carbons (Fsp3) is 0.0833. The maximum absolute atomic E-state index is 11.9. The van der Waals surface area contributed by atoms with Gasteiger partial charge in [-0.1, -0.05) is 29.3 Å². The van der Waals surface area contributed by atoms with Gasteiger partial charge in [0, 0.05) is 0 Å². The van der Waals surface area contributed by atoms with Crippen molar-refractivity contribution < 1.29 is 12.6 Å². The van der Waals surface area contributed by atoms with Crippen LogP contribution in [0.2, 0.25) is 5.15 Å². The SMILES string of the molecule is Cc1ccc(S(=O)(=O)Oc2ccc(Cl)nc2)cc1. The number of hydrogen-bond acceptors (Lipinski definition) is 4. The summed E-state index contributed by atoms with van der Waals surface area (Å²) in [5.74, 6) is 0.125. The Labute approximate surface area is 110 Å². The zero-order chi connectivity index (χ0) is 13.2. The van der Waals surface area contributed by atoms with Gasteiger partial charge in [0.15, 0.2) is 5.75 Å². The van der Waals surface area contributed by atoms with Gasteiger partial charge in [0.2, 0.25) is 0 Å². The Kier molecular flexibility index (Phi) is 3.54. The molecule has 0 spiro atoms. The molecule has 0 amide bonds. The Bertz CT molecular complexity index is 636. The third-order valence-corrected chi connectivity index (χ3v) is 3.70. The van der Waals surface area contributed by atoms with Gasteiger partial charge in [-0.25, -0.2) is 4.98 Å². The molecule has 0 aliphatic carbocycles. The summed E-state index contributed by atoms with van der Waals surface area (Å²) >= 11 is 5.60. The Morgan fingerprint density at radius 2 is 1.78 bits per heavy atom. The summed E-state index contributed by atoms with van der Waals surface area (Å²) in [5.41, 5.74) is 0.974. The minimum absolute atomic E-state index is 0.100. The van der Waals surface area contributed by atoms with Crippen LogP contribution in [-0.2, 0) is 10.1 Å². The molecular weight excluding hydrogens is 274 g/mol. The average Bonchev–Trinajstić information content (AvgIpc) is 2.32. The minimum Gasteiger partial charge on any atom is -0.377 e. The molecule has 0 fully saturated rings. The molecule has 1 heterocycles. The monoisotopic (exact) mass is 283 g/mol. The fourth-order valence-corrected chi connectivity index (χ4v) is 2.32. The second kappa shape index (κ2) is 4.96. The quantitative estimate of drug-likeness (QED) is 0.642. The highest BCUT2D eigenvalue weighted by atomic mass is 35.5. The van der Waals surface area contributed by atoms with Crippen LogP contribution in [0.4, 0.5) is 0 Å². The third-order valence-electron chi connectivity index (χ3n) is 2.22. The molecule has 0 aliphatic rings. The topological polar surface area (TPSA) is 56.3 Å². The molecule has 0 unspecified atom stereocenters. The number of nitrogens with zero attached hydrogens (tertiary/aromatic N) is 1. The second-order valence-corrected chi connectivity index (χ2v) is 5.60. The molecule has 18 heavy (non-hydrogen) atoms. The number of pyridine rings is 1. The molecule has 6 heteroatoms. The number of benzene rings is 1. The lowest BCUT2D eigenvalue weighted by Crippen LogP contribution is -2.09. The molecule has 2 rings (SSSR count). The Morgan fingerprint density at radius 1 is 1.11 bits per heavy atom. The maximum atomic E-state index is 11.9. The van der Waals surface area contributed by atoms with Crippen LogP contribution in [0, 0.1) is 6.92 Å². The predicted molar refractivity (Wildman–Crippen MR) is 68.2 cm³/mol. The van der Waals surface area contributed by atoms with Crippen molar-refractivity contribution in [2.24, 2.45) is 0 Å². The lowest BCUT2D eigenvalue weighted by molar-refractivity contribution is 0.485. The summed E-state index contributed by atoms with van der Waals surface area (Å²) in [6.45, 7) is 1.88. The van der Waals surface area contributed by atoms with E-state index >= 15 is 0 Å². The van der Waals surface area contributed by atoms with Crippen LogP contribution in [0.15, 0.2) is 47.5 Å². The van der Waals surface area contributed by atoms with E-state index in [2.05, 4.69) is 4.98 Å². The maximum Gasteiger partial charge on any atom is 0.339 e. The lowest BCUT2D eigenvalue weighted by atomic mass is 10.2.